The van der Waals surface area contributed by atoms with Gasteiger partial charge < -0.3 is 4.40 Å². The van der Waals surface area contributed by atoms with E-state index in [1.165, 1.54) is 36.4 Å². The minimum atomic E-state index is -0.561. The fourth-order valence-electron chi connectivity index (χ4n) is 3.26. The zero-order valence-electron chi connectivity index (χ0n) is 14.9. The van der Waals surface area contributed by atoms with Gasteiger partial charge in [-0.05, 0) is 23.8 Å². The van der Waals surface area contributed by atoms with E-state index in [2.05, 4.69) is 0 Å². The first-order chi connectivity index (χ1) is 14.0. The smallest absolute Gasteiger partial charge is 0.270 e. The van der Waals surface area contributed by atoms with Crippen LogP contribution in [0.3, 0.4) is 0 Å². The highest BCUT2D eigenvalue weighted by atomic mass is 16.6. The van der Waals surface area contributed by atoms with Crippen LogP contribution in [0.1, 0.15) is 16.1 Å². The molecule has 0 radical (unpaired) electrons. The van der Waals surface area contributed by atoms with E-state index >= 15 is 0 Å². The lowest BCUT2D eigenvalue weighted by Gasteiger charge is -2.07. The molecule has 0 amide bonds. The van der Waals surface area contributed by atoms with Crippen LogP contribution < -0.4 is 0 Å². The Hall–Kier alpha value is -4.33. The summed E-state index contributed by atoms with van der Waals surface area (Å²) < 4.78 is 1.68. The highest BCUT2D eigenvalue weighted by molar-refractivity contribution is 6.13. The molecule has 0 aliphatic heterocycles. The van der Waals surface area contributed by atoms with E-state index in [4.69, 9.17) is 0 Å². The number of hydrogen-bond donors (Lipinski definition) is 0. The van der Waals surface area contributed by atoms with E-state index in [-0.39, 0.29) is 22.6 Å². The zero-order valence-corrected chi connectivity index (χ0v) is 14.9. The second-order valence-corrected chi connectivity index (χ2v) is 6.35. The van der Waals surface area contributed by atoms with Crippen molar-refractivity contribution in [2.45, 2.75) is 0 Å². The number of aromatic nitrogens is 1. The van der Waals surface area contributed by atoms with Gasteiger partial charge in [0.05, 0.1) is 9.85 Å². The summed E-state index contributed by atoms with van der Waals surface area (Å²) in [4.78, 5) is 34.5. The molecule has 0 atom stereocenters. The second kappa shape index (κ2) is 7.01. The number of carbonyl (C=O) groups excluding carboxylic acids is 1. The molecule has 0 saturated carbocycles. The summed E-state index contributed by atoms with van der Waals surface area (Å²) >= 11 is 0. The Kier molecular flexibility index (Phi) is 4.36. The predicted octanol–water partition coefficient (Wildman–Crippen LogP) is 4.65. The summed E-state index contributed by atoms with van der Waals surface area (Å²) in [7, 11) is 0. The molecule has 0 fully saturated rings. The normalized spacial score (nSPS) is 10.8. The summed E-state index contributed by atoms with van der Waals surface area (Å²) in [5.74, 6) is -0.415. The van der Waals surface area contributed by atoms with E-state index in [0.717, 1.165) is 5.52 Å². The number of rotatable bonds is 5. The van der Waals surface area contributed by atoms with Crippen LogP contribution >= 0.6 is 0 Å². The van der Waals surface area contributed by atoms with Crippen molar-refractivity contribution in [3.63, 3.8) is 0 Å². The number of nitro benzene ring substituents is 2. The van der Waals surface area contributed by atoms with Gasteiger partial charge in [0.25, 0.3) is 11.4 Å². The van der Waals surface area contributed by atoms with Gasteiger partial charge >= 0.3 is 0 Å². The van der Waals surface area contributed by atoms with Crippen LogP contribution in [0.4, 0.5) is 11.4 Å². The summed E-state index contributed by atoms with van der Waals surface area (Å²) in [5, 5.41) is 22.3. The molecule has 0 bridgehead atoms. The Morgan fingerprint density at radius 2 is 1.48 bits per heavy atom. The third-order valence-electron chi connectivity index (χ3n) is 4.58. The minimum Gasteiger partial charge on any atom is -0.313 e. The van der Waals surface area contributed by atoms with Crippen LogP contribution in [0.15, 0.2) is 79.0 Å². The number of nitrogens with zero attached hydrogens (tertiary/aromatic N) is 3. The number of pyridine rings is 1. The first-order valence-corrected chi connectivity index (χ1v) is 8.60. The standard InChI is InChI=1S/C21H13N3O5/c25-21(15-6-4-9-18(12-15)24(28)29)20-19(13-16-7-1-2-10-22(16)20)14-5-3-8-17(11-14)23(26)27/h1-13H. The van der Waals surface area contributed by atoms with Crippen molar-refractivity contribution >= 4 is 22.7 Å². The van der Waals surface area contributed by atoms with Crippen LogP contribution in [-0.4, -0.2) is 20.0 Å². The highest BCUT2D eigenvalue weighted by Crippen LogP contribution is 2.32. The molecule has 0 aliphatic carbocycles. The van der Waals surface area contributed by atoms with Gasteiger partial charge in [-0.15, -0.1) is 0 Å². The van der Waals surface area contributed by atoms with Crippen molar-refractivity contribution in [3.8, 4) is 11.1 Å². The SMILES string of the molecule is O=C(c1cccc([N+](=O)[O-])c1)c1c(-c2cccc([N+](=O)[O-])c2)cc2ccccn12. The number of fused-ring (bicyclic) bond motifs is 1. The quantitative estimate of drug-likeness (QED) is 0.281. The van der Waals surface area contributed by atoms with E-state index in [1.807, 2.05) is 12.1 Å². The molecule has 0 aliphatic rings. The molecule has 0 unspecified atom stereocenters. The number of carbonyl (C=O) groups is 1. The maximum absolute atomic E-state index is 13.3. The van der Waals surface area contributed by atoms with Crippen molar-refractivity contribution < 1.29 is 14.6 Å². The minimum absolute atomic E-state index is 0.0912. The zero-order chi connectivity index (χ0) is 20.5. The van der Waals surface area contributed by atoms with Gasteiger partial charge in [0, 0.05) is 47.1 Å². The summed E-state index contributed by atoms with van der Waals surface area (Å²) in [6.07, 6.45) is 1.71. The van der Waals surface area contributed by atoms with Gasteiger partial charge in [0.1, 0.15) is 5.69 Å². The van der Waals surface area contributed by atoms with Crippen molar-refractivity contribution in [2.24, 2.45) is 0 Å². The second-order valence-electron chi connectivity index (χ2n) is 6.35. The molecule has 4 aromatic rings. The first kappa shape index (κ1) is 18.1. The molecule has 2 aromatic carbocycles. The summed E-state index contributed by atoms with van der Waals surface area (Å²) in [6.45, 7) is 0. The van der Waals surface area contributed by atoms with E-state index in [0.29, 0.717) is 11.1 Å². The molecule has 2 heterocycles. The van der Waals surface area contributed by atoms with Gasteiger partial charge in [-0.1, -0.05) is 30.3 Å². The Morgan fingerprint density at radius 1 is 0.793 bits per heavy atom. The molecule has 8 nitrogen and oxygen atoms in total. The molecule has 4 rings (SSSR count). The molecule has 0 N–H and O–H groups in total. The highest BCUT2D eigenvalue weighted by Gasteiger charge is 2.22. The van der Waals surface area contributed by atoms with Crippen LogP contribution in [0.25, 0.3) is 16.6 Å². The fraction of sp³-hybridized carbons (Fsp3) is 0. The molecule has 29 heavy (non-hydrogen) atoms. The van der Waals surface area contributed by atoms with Gasteiger partial charge in [0.15, 0.2) is 0 Å². The average Bonchev–Trinajstić information content (AvgIpc) is 3.13. The van der Waals surface area contributed by atoms with E-state index in [1.54, 1.807) is 34.9 Å². The molecule has 8 heteroatoms. The lowest BCUT2D eigenvalue weighted by Crippen LogP contribution is -2.07. The first-order valence-electron chi connectivity index (χ1n) is 8.60. The van der Waals surface area contributed by atoms with Crippen molar-refractivity contribution in [3.05, 3.63) is 110 Å². The Morgan fingerprint density at radius 3 is 2.21 bits per heavy atom. The van der Waals surface area contributed by atoms with Crippen molar-refractivity contribution in [1.82, 2.24) is 4.40 Å². The summed E-state index contributed by atoms with van der Waals surface area (Å²) in [6, 6.07) is 18.7. The van der Waals surface area contributed by atoms with Gasteiger partial charge in [-0.3, -0.25) is 25.0 Å². The van der Waals surface area contributed by atoms with Crippen LogP contribution in [0.2, 0.25) is 0 Å². The number of non-ortho nitro benzene ring substituents is 2. The third-order valence-corrected chi connectivity index (χ3v) is 4.58. The number of ketones is 1. The largest absolute Gasteiger partial charge is 0.313 e. The number of hydrogen-bond acceptors (Lipinski definition) is 5. The average molecular weight is 387 g/mol. The maximum Gasteiger partial charge on any atom is 0.270 e. The maximum atomic E-state index is 13.3. The van der Waals surface area contributed by atoms with Gasteiger partial charge in [-0.2, -0.15) is 0 Å². The molecule has 0 saturated heterocycles. The van der Waals surface area contributed by atoms with Crippen molar-refractivity contribution in [1.29, 1.82) is 0 Å². The Bertz CT molecular complexity index is 1290. The molecule has 142 valence electrons. The molecular weight excluding hydrogens is 374 g/mol. The number of nitro groups is 2. The van der Waals surface area contributed by atoms with Crippen LogP contribution in [-0.2, 0) is 0 Å². The van der Waals surface area contributed by atoms with Gasteiger partial charge in [0.2, 0.25) is 5.78 Å². The van der Waals surface area contributed by atoms with Crippen LogP contribution in [0, 0.1) is 20.2 Å². The Balaban J connectivity index is 1.94. The van der Waals surface area contributed by atoms with Gasteiger partial charge in [-0.25, -0.2) is 0 Å². The lowest BCUT2D eigenvalue weighted by atomic mass is 9.99. The monoisotopic (exact) mass is 387 g/mol. The molecule has 2 aromatic heterocycles. The Labute approximate surface area is 163 Å². The number of benzene rings is 2. The predicted molar refractivity (Wildman–Crippen MR) is 106 cm³/mol. The topological polar surface area (TPSA) is 108 Å². The lowest BCUT2D eigenvalue weighted by molar-refractivity contribution is -0.385. The molecular formula is C21H13N3O5. The molecule has 0 spiro atoms. The van der Waals surface area contributed by atoms with Crippen molar-refractivity contribution in [2.75, 3.05) is 0 Å². The fourth-order valence-corrected chi connectivity index (χ4v) is 3.26. The third kappa shape index (κ3) is 3.23. The van der Waals surface area contributed by atoms with E-state index in [9.17, 15) is 25.0 Å². The van der Waals surface area contributed by atoms with Crippen LogP contribution in [0.5, 0.6) is 0 Å². The van der Waals surface area contributed by atoms with E-state index < -0.39 is 15.6 Å². The summed E-state index contributed by atoms with van der Waals surface area (Å²) in [5.41, 5.74) is 1.91.